The predicted octanol–water partition coefficient (Wildman–Crippen LogP) is 2.51. The van der Waals surface area contributed by atoms with Gasteiger partial charge in [-0.3, -0.25) is 15.1 Å². The van der Waals surface area contributed by atoms with Crippen LogP contribution in [0.2, 0.25) is 0 Å². The molecule has 3 rings (SSSR count). The van der Waals surface area contributed by atoms with Crippen LogP contribution in [-0.4, -0.2) is 33.0 Å². The molecule has 1 fully saturated rings. The molecule has 1 saturated heterocycles. The average molecular weight is 300 g/mol. The maximum Gasteiger partial charge on any atom is 0.353 e. The van der Waals surface area contributed by atoms with Crippen LogP contribution < -0.4 is 10.2 Å². The smallest absolute Gasteiger partial charge is 0.351 e. The van der Waals surface area contributed by atoms with Gasteiger partial charge in [0.1, 0.15) is 6.33 Å². The summed E-state index contributed by atoms with van der Waals surface area (Å²) < 4.78 is 0. The van der Waals surface area contributed by atoms with E-state index < -0.39 is 4.92 Å². The van der Waals surface area contributed by atoms with E-state index in [1.165, 1.54) is 6.33 Å². The highest BCUT2D eigenvalue weighted by Crippen LogP contribution is 2.34. The molecule has 8 nitrogen and oxygen atoms in total. The topological polar surface area (TPSA) is 97.1 Å². The molecule has 114 valence electrons. The Morgan fingerprint density at radius 1 is 1.23 bits per heavy atom. The minimum absolute atomic E-state index is 0.0896. The maximum absolute atomic E-state index is 11.5. The fourth-order valence-corrected chi connectivity index (χ4v) is 2.54. The Bertz CT molecular complexity index is 658. The number of hydrogen-bond donors (Lipinski definition) is 1. The van der Waals surface area contributed by atoms with E-state index in [0.29, 0.717) is 11.5 Å². The van der Waals surface area contributed by atoms with Gasteiger partial charge in [-0.2, -0.15) is 0 Å². The van der Waals surface area contributed by atoms with Crippen LogP contribution in [-0.2, 0) is 0 Å². The highest BCUT2D eigenvalue weighted by atomic mass is 16.6. The van der Waals surface area contributed by atoms with Gasteiger partial charge in [0.2, 0.25) is 11.6 Å². The zero-order valence-electron chi connectivity index (χ0n) is 12.0. The summed E-state index contributed by atoms with van der Waals surface area (Å²) in [5.74, 6) is 0.569. The number of piperidine rings is 1. The van der Waals surface area contributed by atoms with E-state index in [2.05, 4.69) is 20.3 Å². The van der Waals surface area contributed by atoms with Gasteiger partial charge in [0.25, 0.3) is 0 Å². The molecule has 1 N–H and O–H groups in total. The first kappa shape index (κ1) is 14.2. The molecule has 0 aromatic carbocycles. The van der Waals surface area contributed by atoms with Crippen molar-refractivity contribution >= 4 is 23.0 Å². The summed E-state index contributed by atoms with van der Waals surface area (Å²) in [6.07, 6.45) is 7.77. The van der Waals surface area contributed by atoms with Gasteiger partial charge in [-0.05, 0) is 31.4 Å². The second-order valence-corrected chi connectivity index (χ2v) is 5.07. The van der Waals surface area contributed by atoms with Gasteiger partial charge in [-0.15, -0.1) is 0 Å². The number of hydrogen-bond acceptors (Lipinski definition) is 7. The lowest BCUT2D eigenvalue weighted by molar-refractivity contribution is -0.383. The zero-order chi connectivity index (χ0) is 15.4. The maximum atomic E-state index is 11.5. The molecule has 0 radical (unpaired) electrons. The van der Waals surface area contributed by atoms with Gasteiger partial charge >= 0.3 is 5.69 Å². The molecule has 2 aromatic rings. The van der Waals surface area contributed by atoms with Crippen LogP contribution in [0, 0.1) is 10.1 Å². The summed E-state index contributed by atoms with van der Waals surface area (Å²) in [7, 11) is 0. The number of pyridine rings is 1. The van der Waals surface area contributed by atoms with Crippen molar-refractivity contribution in [2.45, 2.75) is 19.3 Å². The van der Waals surface area contributed by atoms with Crippen LogP contribution in [0.3, 0.4) is 0 Å². The monoisotopic (exact) mass is 300 g/mol. The molecule has 3 heterocycles. The molecular formula is C14H16N6O2. The summed E-state index contributed by atoms with van der Waals surface area (Å²) in [5.41, 5.74) is 0.558. The van der Waals surface area contributed by atoms with E-state index in [0.717, 1.165) is 32.4 Å². The summed E-state index contributed by atoms with van der Waals surface area (Å²) in [5, 5.41) is 14.5. The molecule has 0 spiro atoms. The minimum atomic E-state index is -0.428. The fraction of sp³-hybridized carbons (Fsp3) is 0.357. The molecule has 1 aliphatic heterocycles. The van der Waals surface area contributed by atoms with E-state index in [9.17, 15) is 10.1 Å². The van der Waals surface area contributed by atoms with Crippen molar-refractivity contribution in [3.63, 3.8) is 0 Å². The van der Waals surface area contributed by atoms with Crippen LogP contribution in [0.4, 0.5) is 23.0 Å². The molecule has 1 aliphatic rings. The predicted molar refractivity (Wildman–Crippen MR) is 82.3 cm³/mol. The molecule has 0 unspecified atom stereocenters. The van der Waals surface area contributed by atoms with E-state index >= 15 is 0 Å². The summed E-state index contributed by atoms with van der Waals surface area (Å²) in [6.45, 7) is 1.56. The Balaban J connectivity index is 1.97. The van der Waals surface area contributed by atoms with Gasteiger partial charge in [0.05, 0.1) is 16.8 Å². The van der Waals surface area contributed by atoms with Crippen LogP contribution in [0.1, 0.15) is 19.3 Å². The van der Waals surface area contributed by atoms with Crippen LogP contribution in [0.5, 0.6) is 0 Å². The van der Waals surface area contributed by atoms with E-state index in [1.54, 1.807) is 24.5 Å². The number of nitro groups is 1. The number of nitrogens with zero attached hydrogens (tertiary/aromatic N) is 5. The molecule has 2 aromatic heterocycles. The number of anilines is 3. The molecular weight excluding hydrogens is 284 g/mol. The Morgan fingerprint density at radius 2 is 2.05 bits per heavy atom. The van der Waals surface area contributed by atoms with Crippen LogP contribution >= 0.6 is 0 Å². The summed E-state index contributed by atoms with van der Waals surface area (Å²) in [4.78, 5) is 25.2. The van der Waals surface area contributed by atoms with Crippen molar-refractivity contribution in [1.82, 2.24) is 15.0 Å². The third kappa shape index (κ3) is 2.95. The molecule has 8 heteroatoms. The number of rotatable bonds is 4. The normalized spacial score (nSPS) is 14.6. The average Bonchev–Trinajstić information content (AvgIpc) is 2.56. The van der Waals surface area contributed by atoms with Gasteiger partial charge in [0.15, 0.2) is 0 Å². The van der Waals surface area contributed by atoms with E-state index in [-0.39, 0.29) is 11.5 Å². The van der Waals surface area contributed by atoms with Gasteiger partial charge in [-0.1, -0.05) is 0 Å². The van der Waals surface area contributed by atoms with Crippen molar-refractivity contribution in [2.75, 3.05) is 23.3 Å². The zero-order valence-corrected chi connectivity index (χ0v) is 12.0. The lowest BCUT2D eigenvalue weighted by Crippen LogP contribution is -2.31. The third-order valence-electron chi connectivity index (χ3n) is 3.57. The van der Waals surface area contributed by atoms with Crippen LogP contribution in [0.15, 0.2) is 30.9 Å². The van der Waals surface area contributed by atoms with Crippen LogP contribution in [0.25, 0.3) is 0 Å². The lowest BCUT2D eigenvalue weighted by Gasteiger charge is -2.27. The Labute approximate surface area is 127 Å². The number of aromatic nitrogens is 3. The molecule has 0 atom stereocenters. The Hall–Kier alpha value is -2.77. The SMILES string of the molecule is O=[N+]([O-])c1c(Nc2cccnc2)ncnc1N1CCCCC1. The first-order valence-corrected chi connectivity index (χ1v) is 7.17. The fourth-order valence-electron chi connectivity index (χ4n) is 2.54. The molecule has 0 amide bonds. The molecule has 22 heavy (non-hydrogen) atoms. The summed E-state index contributed by atoms with van der Waals surface area (Å²) in [6, 6.07) is 3.53. The molecule has 0 aliphatic carbocycles. The first-order chi connectivity index (χ1) is 10.8. The lowest BCUT2D eigenvalue weighted by atomic mass is 10.1. The van der Waals surface area contributed by atoms with Crippen molar-refractivity contribution < 1.29 is 4.92 Å². The second kappa shape index (κ2) is 6.33. The third-order valence-corrected chi connectivity index (χ3v) is 3.57. The Morgan fingerprint density at radius 3 is 2.73 bits per heavy atom. The van der Waals surface area contributed by atoms with Gasteiger partial charge in [-0.25, -0.2) is 9.97 Å². The van der Waals surface area contributed by atoms with Crippen molar-refractivity contribution in [2.24, 2.45) is 0 Å². The number of nitrogens with one attached hydrogen (secondary N) is 1. The quantitative estimate of drug-likeness (QED) is 0.684. The second-order valence-electron chi connectivity index (χ2n) is 5.07. The highest BCUT2D eigenvalue weighted by Gasteiger charge is 2.27. The van der Waals surface area contributed by atoms with Crippen molar-refractivity contribution in [1.29, 1.82) is 0 Å². The van der Waals surface area contributed by atoms with E-state index in [4.69, 9.17) is 0 Å². The highest BCUT2D eigenvalue weighted by molar-refractivity contribution is 5.74. The van der Waals surface area contributed by atoms with Gasteiger partial charge < -0.3 is 10.2 Å². The van der Waals surface area contributed by atoms with Gasteiger partial charge in [0, 0.05) is 19.3 Å². The minimum Gasteiger partial charge on any atom is -0.351 e. The Kier molecular flexibility index (Phi) is 4.08. The van der Waals surface area contributed by atoms with Crippen molar-refractivity contribution in [3.8, 4) is 0 Å². The molecule has 0 saturated carbocycles. The first-order valence-electron chi connectivity index (χ1n) is 7.17. The summed E-state index contributed by atoms with van der Waals surface area (Å²) >= 11 is 0. The van der Waals surface area contributed by atoms with E-state index in [1.807, 2.05) is 4.90 Å². The standard InChI is InChI=1S/C14H16N6O2/c21-20(22)12-13(18-11-5-4-6-15-9-11)16-10-17-14(12)19-7-2-1-3-8-19/h4-6,9-10H,1-3,7-8H2,(H,16,17,18). The van der Waals surface area contributed by atoms with Crippen molar-refractivity contribution in [3.05, 3.63) is 41.0 Å². The largest absolute Gasteiger partial charge is 0.353 e. The molecule has 0 bridgehead atoms.